The Morgan fingerprint density at radius 2 is 2.21 bits per heavy atom. The average molecular weight is 263 g/mol. The van der Waals surface area contributed by atoms with Crippen LogP contribution in [-0.4, -0.2) is 26.4 Å². The molecule has 0 radical (unpaired) electrons. The van der Waals surface area contributed by atoms with Gasteiger partial charge >= 0.3 is 0 Å². The molecule has 1 N–H and O–H groups in total. The average Bonchev–Trinajstić information content (AvgIpc) is 2.43. The van der Waals surface area contributed by atoms with Gasteiger partial charge in [0.2, 0.25) is 0 Å². The van der Waals surface area contributed by atoms with Gasteiger partial charge in [-0.05, 0) is 56.4 Å². The molecular formula is C16H25NO2. The lowest BCUT2D eigenvalue weighted by atomic mass is 9.87. The summed E-state index contributed by atoms with van der Waals surface area (Å²) in [6, 6.07) is 6.88. The molecule has 106 valence electrons. The van der Waals surface area contributed by atoms with Crippen LogP contribution in [0.5, 0.6) is 5.75 Å². The van der Waals surface area contributed by atoms with E-state index < -0.39 is 0 Å². The molecule has 1 aromatic carbocycles. The summed E-state index contributed by atoms with van der Waals surface area (Å²) in [5.41, 5.74) is 2.85. The molecule has 19 heavy (non-hydrogen) atoms. The number of nitrogens with one attached hydrogen (secondary N) is 1. The van der Waals surface area contributed by atoms with Gasteiger partial charge in [0, 0.05) is 12.6 Å². The van der Waals surface area contributed by atoms with Crippen LogP contribution in [-0.2, 0) is 11.2 Å². The van der Waals surface area contributed by atoms with E-state index in [2.05, 4.69) is 37.4 Å². The third kappa shape index (κ3) is 3.95. The zero-order valence-electron chi connectivity index (χ0n) is 12.2. The van der Waals surface area contributed by atoms with E-state index in [1.54, 1.807) is 7.11 Å². The van der Waals surface area contributed by atoms with Gasteiger partial charge in [-0.1, -0.05) is 6.07 Å². The molecule has 0 amide bonds. The summed E-state index contributed by atoms with van der Waals surface area (Å²) < 4.78 is 10.9. The van der Waals surface area contributed by atoms with Crippen molar-refractivity contribution in [3.63, 3.8) is 0 Å². The number of hydrogen-bond acceptors (Lipinski definition) is 3. The van der Waals surface area contributed by atoms with Gasteiger partial charge in [0.1, 0.15) is 5.75 Å². The van der Waals surface area contributed by atoms with Crippen molar-refractivity contribution in [2.75, 3.05) is 20.3 Å². The molecule has 0 spiro atoms. The fraction of sp³-hybridized carbons (Fsp3) is 0.625. The zero-order chi connectivity index (χ0) is 13.7. The highest BCUT2D eigenvalue weighted by molar-refractivity contribution is 5.39. The van der Waals surface area contributed by atoms with Crippen molar-refractivity contribution < 1.29 is 9.47 Å². The van der Waals surface area contributed by atoms with Crippen molar-refractivity contribution in [2.45, 2.75) is 45.3 Å². The van der Waals surface area contributed by atoms with Crippen molar-refractivity contribution in [3.8, 4) is 5.75 Å². The molecule has 3 heteroatoms. The van der Waals surface area contributed by atoms with Crippen LogP contribution in [0.25, 0.3) is 0 Å². The number of ether oxygens (including phenoxy) is 2. The number of aryl methyl sites for hydroxylation is 1. The van der Waals surface area contributed by atoms with E-state index in [-0.39, 0.29) is 0 Å². The third-order valence-corrected chi connectivity index (χ3v) is 3.61. The second-order valence-corrected chi connectivity index (χ2v) is 5.38. The lowest BCUT2D eigenvalue weighted by Crippen LogP contribution is -2.29. The molecule has 1 atom stereocenters. The Labute approximate surface area is 116 Å². The van der Waals surface area contributed by atoms with Crippen molar-refractivity contribution in [3.05, 3.63) is 29.3 Å². The smallest absolute Gasteiger partial charge is 0.119 e. The van der Waals surface area contributed by atoms with Gasteiger partial charge in [-0.3, -0.25) is 0 Å². The van der Waals surface area contributed by atoms with Gasteiger partial charge < -0.3 is 14.8 Å². The lowest BCUT2D eigenvalue weighted by Gasteiger charge is -2.27. The van der Waals surface area contributed by atoms with Gasteiger partial charge in [-0.25, -0.2) is 0 Å². The summed E-state index contributed by atoms with van der Waals surface area (Å²) in [7, 11) is 1.73. The highest BCUT2D eigenvalue weighted by atomic mass is 16.5. The van der Waals surface area contributed by atoms with Crippen LogP contribution in [0, 0.1) is 0 Å². The van der Waals surface area contributed by atoms with Crippen molar-refractivity contribution in [1.82, 2.24) is 5.32 Å². The van der Waals surface area contributed by atoms with E-state index in [9.17, 15) is 0 Å². The molecule has 1 aliphatic carbocycles. The molecule has 1 aliphatic rings. The molecule has 0 bridgehead atoms. The fourth-order valence-electron chi connectivity index (χ4n) is 2.64. The predicted molar refractivity (Wildman–Crippen MR) is 77.8 cm³/mol. The largest absolute Gasteiger partial charge is 0.497 e. The monoisotopic (exact) mass is 263 g/mol. The second-order valence-electron chi connectivity index (χ2n) is 5.38. The molecular weight excluding hydrogens is 238 g/mol. The van der Waals surface area contributed by atoms with E-state index in [0.29, 0.717) is 12.1 Å². The second kappa shape index (κ2) is 6.92. The van der Waals surface area contributed by atoms with Gasteiger partial charge in [-0.2, -0.15) is 0 Å². The van der Waals surface area contributed by atoms with Crippen molar-refractivity contribution >= 4 is 0 Å². The molecule has 0 heterocycles. The molecule has 0 saturated heterocycles. The number of hydrogen-bond donors (Lipinski definition) is 1. The summed E-state index contributed by atoms with van der Waals surface area (Å²) >= 11 is 0. The number of fused-ring (bicyclic) bond motifs is 1. The van der Waals surface area contributed by atoms with Crippen LogP contribution in [0.4, 0.5) is 0 Å². The Balaban J connectivity index is 1.96. The van der Waals surface area contributed by atoms with Gasteiger partial charge in [-0.15, -0.1) is 0 Å². The summed E-state index contributed by atoms with van der Waals surface area (Å²) in [5, 5.41) is 3.60. The summed E-state index contributed by atoms with van der Waals surface area (Å²) in [4.78, 5) is 0. The highest BCUT2D eigenvalue weighted by Gasteiger charge is 2.20. The topological polar surface area (TPSA) is 30.5 Å². The Bertz CT molecular complexity index is 404. The maximum Gasteiger partial charge on any atom is 0.119 e. The van der Waals surface area contributed by atoms with E-state index in [1.807, 2.05) is 0 Å². The molecule has 2 rings (SSSR count). The van der Waals surface area contributed by atoms with Crippen LogP contribution in [0.3, 0.4) is 0 Å². The van der Waals surface area contributed by atoms with E-state index in [0.717, 1.165) is 18.9 Å². The number of benzene rings is 1. The van der Waals surface area contributed by atoms with Crippen LogP contribution in [0.2, 0.25) is 0 Å². The quantitative estimate of drug-likeness (QED) is 0.800. The van der Waals surface area contributed by atoms with Crippen molar-refractivity contribution in [2.24, 2.45) is 0 Å². The molecule has 0 fully saturated rings. The Hall–Kier alpha value is -1.06. The number of rotatable bonds is 6. The minimum Gasteiger partial charge on any atom is -0.497 e. The lowest BCUT2D eigenvalue weighted by molar-refractivity contribution is 0.0790. The third-order valence-electron chi connectivity index (χ3n) is 3.61. The first-order chi connectivity index (χ1) is 9.20. The Morgan fingerprint density at radius 1 is 1.37 bits per heavy atom. The van der Waals surface area contributed by atoms with Crippen LogP contribution in [0.15, 0.2) is 18.2 Å². The van der Waals surface area contributed by atoms with Gasteiger partial charge in [0.05, 0.1) is 19.8 Å². The maximum absolute atomic E-state index is 5.58. The fourth-order valence-corrected chi connectivity index (χ4v) is 2.64. The zero-order valence-corrected chi connectivity index (χ0v) is 12.2. The Morgan fingerprint density at radius 3 is 2.95 bits per heavy atom. The first-order valence-corrected chi connectivity index (χ1v) is 7.22. The summed E-state index contributed by atoms with van der Waals surface area (Å²) in [6.45, 7) is 5.81. The number of methoxy groups -OCH3 is 1. The first-order valence-electron chi connectivity index (χ1n) is 7.22. The van der Waals surface area contributed by atoms with Gasteiger partial charge in [0.15, 0.2) is 0 Å². The van der Waals surface area contributed by atoms with E-state index in [1.165, 1.54) is 30.4 Å². The maximum atomic E-state index is 5.58. The molecule has 0 aliphatic heterocycles. The van der Waals surface area contributed by atoms with Crippen LogP contribution >= 0.6 is 0 Å². The molecule has 0 aromatic heterocycles. The molecule has 3 nitrogen and oxygen atoms in total. The summed E-state index contributed by atoms with van der Waals surface area (Å²) in [5.74, 6) is 0.950. The van der Waals surface area contributed by atoms with Crippen LogP contribution in [0.1, 0.15) is 43.9 Å². The van der Waals surface area contributed by atoms with E-state index in [4.69, 9.17) is 9.47 Å². The standard InChI is InChI=1S/C16H25NO2/c1-12(2)19-10-9-17-16-6-4-5-13-7-8-14(18-3)11-15(13)16/h7-8,11-12,16-17H,4-6,9-10H2,1-3H3. The normalized spacial score (nSPS) is 18.4. The van der Waals surface area contributed by atoms with Gasteiger partial charge in [0.25, 0.3) is 0 Å². The SMILES string of the molecule is COc1ccc2c(c1)C(NCCOC(C)C)CCC2. The van der Waals surface area contributed by atoms with E-state index >= 15 is 0 Å². The van der Waals surface area contributed by atoms with Crippen LogP contribution < -0.4 is 10.1 Å². The van der Waals surface area contributed by atoms with Crippen molar-refractivity contribution in [1.29, 1.82) is 0 Å². The summed E-state index contributed by atoms with van der Waals surface area (Å²) in [6.07, 6.45) is 3.93. The highest BCUT2D eigenvalue weighted by Crippen LogP contribution is 2.32. The molecule has 1 aromatic rings. The predicted octanol–water partition coefficient (Wildman–Crippen LogP) is 3.09. The minimum atomic E-state index is 0.306. The molecule has 0 saturated carbocycles. The minimum absolute atomic E-state index is 0.306. The first kappa shape index (κ1) is 14.4. The molecule has 1 unspecified atom stereocenters. The Kier molecular flexibility index (Phi) is 5.23.